The van der Waals surface area contributed by atoms with E-state index in [2.05, 4.69) is 97.1 Å². The Hall–Kier alpha value is -2.83. The van der Waals surface area contributed by atoms with Crippen molar-refractivity contribution in [1.29, 1.82) is 0 Å². The third kappa shape index (κ3) is 3.42. The molecule has 0 bridgehead atoms. The van der Waals surface area contributed by atoms with Gasteiger partial charge in [-0.15, -0.1) is 0 Å². The smallest absolute Gasteiger partial charge is 0.0454 e. The lowest BCUT2D eigenvalue weighted by Gasteiger charge is -2.16. The Bertz CT molecular complexity index is 988. The van der Waals surface area contributed by atoms with Gasteiger partial charge in [-0.3, -0.25) is 0 Å². The minimum atomic E-state index is 0.115. The van der Waals surface area contributed by atoms with Gasteiger partial charge in [0.2, 0.25) is 0 Å². The third-order valence-corrected chi connectivity index (χ3v) is 5.01. The quantitative estimate of drug-likeness (QED) is 0.362. The Morgan fingerprint density at radius 3 is 1.81 bits per heavy atom. The lowest BCUT2D eigenvalue weighted by atomic mass is 9.90. The van der Waals surface area contributed by atoms with Crippen molar-refractivity contribution in [2.45, 2.75) is 5.92 Å². The highest BCUT2D eigenvalue weighted by atomic mass is 35.5. The van der Waals surface area contributed by atoms with Crippen molar-refractivity contribution < 1.29 is 0 Å². The second kappa shape index (κ2) is 7.59. The van der Waals surface area contributed by atoms with E-state index in [1.54, 1.807) is 0 Å². The molecule has 26 heavy (non-hydrogen) atoms. The highest BCUT2D eigenvalue weighted by Crippen LogP contribution is 2.33. The normalized spacial score (nSPS) is 11.8. The fourth-order valence-corrected chi connectivity index (χ4v) is 3.67. The van der Waals surface area contributed by atoms with Crippen LogP contribution in [-0.4, -0.2) is 0 Å². The summed E-state index contributed by atoms with van der Waals surface area (Å²) in [5.74, 6) is 0.115. The van der Waals surface area contributed by atoms with Crippen molar-refractivity contribution in [1.82, 2.24) is 0 Å². The van der Waals surface area contributed by atoms with Crippen LogP contribution in [0.25, 0.3) is 15.8 Å². The van der Waals surface area contributed by atoms with Crippen LogP contribution in [0, 0.1) is 0 Å². The molecule has 0 unspecified atom stereocenters. The van der Waals surface area contributed by atoms with E-state index in [1.165, 1.54) is 21.9 Å². The number of benzene rings is 4. The maximum atomic E-state index is 6.84. The van der Waals surface area contributed by atoms with E-state index in [4.69, 9.17) is 11.6 Å². The maximum absolute atomic E-state index is 6.84. The second-order valence-electron chi connectivity index (χ2n) is 6.34. The van der Waals surface area contributed by atoms with Crippen LogP contribution in [0.1, 0.15) is 22.6 Å². The molecule has 4 aromatic carbocycles. The molecule has 1 heteroatoms. The zero-order valence-corrected chi connectivity index (χ0v) is 15.1. The number of halogens is 1. The summed E-state index contributed by atoms with van der Waals surface area (Å²) < 4.78 is 0. The fraction of sp³-hybridized carbons (Fsp3) is 0.0400. The van der Waals surface area contributed by atoms with Crippen molar-refractivity contribution in [2.24, 2.45) is 0 Å². The van der Waals surface area contributed by atoms with E-state index in [-0.39, 0.29) is 5.92 Å². The van der Waals surface area contributed by atoms with Crippen LogP contribution >= 0.6 is 11.6 Å². The standard InChI is InChI=1S/C25H19Cl/c26-25(23-17-9-15-19-14-7-8-16-22(19)23)18-24(20-10-3-1-4-11-20)21-12-5-2-6-13-21/h1-18,24H. The van der Waals surface area contributed by atoms with E-state index in [0.717, 1.165) is 10.6 Å². The summed E-state index contributed by atoms with van der Waals surface area (Å²) in [6.45, 7) is 0. The molecule has 0 radical (unpaired) electrons. The van der Waals surface area contributed by atoms with Gasteiger partial charge in [0.05, 0.1) is 0 Å². The first-order valence-electron chi connectivity index (χ1n) is 8.78. The fourth-order valence-electron chi connectivity index (χ4n) is 3.38. The van der Waals surface area contributed by atoms with Crippen LogP contribution in [0.2, 0.25) is 0 Å². The lowest BCUT2D eigenvalue weighted by molar-refractivity contribution is 1.03. The van der Waals surface area contributed by atoms with Gasteiger partial charge in [0.15, 0.2) is 0 Å². The van der Waals surface area contributed by atoms with Crippen LogP contribution in [0.5, 0.6) is 0 Å². The number of hydrogen-bond donors (Lipinski definition) is 0. The second-order valence-corrected chi connectivity index (χ2v) is 6.75. The monoisotopic (exact) mass is 354 g/mol. The Balaban J connectivity index is 1.84. The number of rotatable bonds is 4. The minimum absolute atomic E-state index is 0.115. The van der Waals surface area contributed by atoms with E-state index >= 15 is 0 Å². The van der Waals surface area contributed by atoms with Crippen LogP contribution in [0.4, 0.5) is 0 Å². The molecule has 0 nitrogen and oxygen atoms in total. The first kappa shape index (κ1) is 16.6. The van der Waals surface area contributed by atoms with E-state index in [9.17, 15) is 0 Å². The highest BCUT2D eigenvalue weighted by molar-refractivity contribution is 6.49. The molecule has 0 atom stereocenters. The van der Waals surface area contributed by atoms with Crippen molar-refractivity contribution in [2.75, 3.05) is 0 Å². The molecule has 0 aliphatic heterocycles. The molecule has 0 N–H and O–H groups in total. The van der Waals surface area contributed by atoms with Crippen LogP contribution in [0.3, 0.4) is 0 Å². The maximum Gasteiger partial charge on any atom is 0.0454 e. The molecule has 0 saturated heterocycles. The van der Waals surface area contributed by atoms with Crippen molar-refractivity contribution in [3.05, 3.63) is 126 Å². The molecule has 0 amide bonds. The molecule has 0 saturated carbocycles. The van der Waals surface area contributed by atoms with Crippen molar-refractivity contribution in [3.63, 3.8) is 0 Å². The Morgan fingerprint density at radius 2 is 1.15 bits per heavy atom. The Labute approximate surface area is 159 Å². The van der Waals surface area contributed by atoms with E-state index < -0.39 is 0 Å². The van der Waals surface area contributed by atoms with Crippen LogP contribution in [-0.2, 0) is 0 Å². The average molecular weight is 355 g/mol. The summed E-state index contributed by atoms with van der Waals surface area (Å²) in [5.41, 5.74) is 3.54. The molecule has 0 fully saturated rings. The molecule has 4 rings (SSSR count). The predicted octanol–water partition coefficient (Wildman–Crippen LogP) is 7.25. The van der Waals surface area contributed by atoms with Crippen molar-refractivity contribution in [3.8, 4) is 0 Å². The first-order valence-corrected chi connectivity index (χ1v) is 9.16. The SMILES string of the molecule is ClC(=CC(c1ccccc1)c1ccccc1)c1cccc2ccccc12. The molecule has 0 spiro atoms. The molecule has 0 aliphatic rings. The number of fused-ring (bicyclic) bond motifs is 1. The predicted molar refractivity (Wildman–Crippen MR) is 113 cm³/mol. The van der Waals surface area contributed by atoms with Gasteiger partial charge in [0.1, 0.15) is 0 Å². The molecular weight excluding hydrogens is 336 g/mol. The third-order valence-electron chi connectivity index (χ3n) is 4.68. The van der Waals surface area contributed by atoms with Gasteiger partial charge in [0, 0.05) is 16.5 Å². The average Bonchev–Trinajstić information content (AvgIpc) is 2.72. The van der Waals surface area contributed by atoms with E-state index in [0.29, 0.717) is 0 Å². The summed E-state index contributed by atoms with van der Waals surface area (Å²) in [7, 11) is 0. The molecule has 4 aromatic rings. The van der Waals surface area contributed by atoms with Crippen molar-refractivity contribution >= 4 is 27.4 Å². The molecule has 0 aromatic heterocycles. The number of allylic oxidation sites excluding steroid dienone is 1. The number of hydrogen-bond acceptors (Lipinski definition) is 0. The summed E-state index contributed by atoms with van der Waals surface area (Å²) in [4.78, 5) is 0. The Morgan fingerprint density at radius 1 is 0.615 bits per heavy atom. The van der Waals surface area contributed by atoms with Gasteiger partial charge < -0.3 is 0 Å². The zero-order valence-electron chi connectivity index (χ0n) is 14.3. The minimum Gasteiger partial charge on any atom is -0.0840 e. The highest BCUT2D eigenvalue weighted by Gasteiger charge is 2.13. The first-order chi connectivity index (χ1) is 12.8. The van der Waals surface area contributed by atoms with Crippen LogP contribution < -0.4 is 0 Å². The van der Waals surface area contributed by atoms with Gasteiger partial charge in [-0.2, -0.15) is 0 Å². The lowest BCUT2D eigenvalue weighted by Crippen LogP contribution is -1.98. The summed E-state index contributed by atoms with van der Waals surface area (Å²) in [5, 5.41) is 3.16. The molecular formula is C25H19Cl. The van der Waals surface area contributed by atoms with Gasteiger partial charge in [0.25, 0.3) is 0 Å². The van der Waals surface area contributed by atoms with Gasteiger partial charge in [-0.1, -0.05) is 121 Å². The van der Waals surface area contributed by atoms with Crippen LogP contribution in [0.15, 0.2) is 109 Å². The molecule has 126 valence electrons. The van der Waals surface area contributed by atoms with Gasteiger partial charge in [-0.25, -0.2) is 0 Å². The molecule has 0 heterocycles. The summed E-state index contributed by atoms with van der Waals surface area (Å²) in [6, 6.07) is 35.6. The summed E-state index contributed by atoms with van der Waals surface area (Å²) in [6.07, 6.45) is 2.16. The molecule has 0 aliphatic carbocycles. The largest absolute Gasteiger partial charge is 0.0840 e. The van der Waals surface area contributed by atoms with E-state index in [1.807, 2.05) is 12.1 Å². The zero-order chi connectivity index (χ0) is 17.8. The van der Waals surface area contributed by atoms with Gasteiger partial charge >= 0.3 is 0 Å². The van der Waals surface area contributed by atoms with Gasteiger partial charge in [-0.05, 0) is 21.9 Å². The summed E-state index contributed by atoms with van der Waals surface area (Å²) >= 11 is 6.84. The Kier molecular flexibility index (Phi) is 4.86. The topological polar surface area (TPSA) is 0 Å².